The number of nitrogens with one attached hydrogen (secondary N) is 2. The molecular formula is C24H22BrN3O3. The Morgan fingerprint density at radius 3 is 2.58 bits per heavy atom. The fraction of sp³-hybridized carbons (Fsp3) is 0.125. The van der Waals surface area contributed by atoms with Crippen molar-refractivity contribution in [3.8, 4) is 5.75 Å². The quantitative estimate of drug-likeness (QED) is 0.375. The van der Waals surface area contributed by atoms with Crippen LogP contribution in [0.4, 0.5) is 5.69 Å². The lowest BCUT2D eigenvalue weighted by molar-refractivity contribution is -0.118. The number of nitrogens with zero attached hydrogens (tertiary/aromatic N) is 1. The van der Waals surface area contributed by atoms with Crippen molar-refractivity contribution in [2.45, 2.75) is 13.8 Å². The number of hydrazone groups is 1. The predicted octanol–water partition coefficient (Wildman–Crippen LogP) is 4.85. The molecule has 0 atom stereocenters. The van der Waals surface area contributed by atoms with Gasteiger partial charge in [-0.05, 0) is 61.4 Å². The first-order chi connectivity index (χ1) is 14.9. The summed E-state index contributed by atoms with van der Waals surface area (Å²) in [5.41, 5.74) is 6.40. The maximum Gasteiger partial charge on any atom is 0.271 e. The van der Waals surface area contributed by atoms with E-state index in [4.69, 9.17) is 4.74 Å². The number of carbonyl (C=O) groups excluding carboxylic acids is 2. The number of benzene rings is 3. The molecule has 3 aromatic carbocycles. The van der Waals surface area contributed by atoms with Gasteiger partial charge in [-0.25, -0.2) is 5.43 Å². The highest BCUT2D eigenvalue weighted by Crippen LogP contribution is 2.22. The Morgan fingerprint density at radius 2 is 1.81 bits per heavy atom. The molecule has 0 aromatic heterocycles. The predicted molar refractivity (Wildman–Crippen MR) is 126 cm³/mol. The van der Waals surface area contributed by atoms with Crippen LogP contribution >= 0.6 is 15.9 Å². The summed E-state index contributed by atoms with van der Waals surface area (Å²) in [5.74, 6) is -0.115. The van der Waals surface area contributed by atoms with Crippen LogP contribution in [0.15, 0.2) is 76.3 Å². The van der Waals surface area contributed by atoms with E-state index in [0.717, 1.165) is 21.3 Å². The molecule has 0 aliphatic carbocycles. The third kappa shape index (κ3) is 6.52. The Hall–Kier alpha value is -3.45. The third-order valence-electron chi connectivity index (χ3n) is 4.40. The minimum atomic E-state index is -0.317. The molecule has 0 aliphatic rings. The van der Waals surface area contributed by atoms with Gasteiger partial charge in [0, 0.05) is 21.3 Å². The number of halogens is 1. The highest BCUT2D eigenvalue weighted by molar-refractivity contribution is 9.10. The zero-order chi connectivity index (χ0) is 22.2. The second-order valence-corrected chi connectivity index (χ2v) is 7.82. The lowest BCUT2D eigenvalue weighted by Crippen LogP contribution is -2.21. The molecule has 6 nitrogen and oxygen atoms in total. The Kier molecular flexibility index (Phi) is 7.56. The average molecular weight is 480 g/mol. The van der Waals surface area contributed by atoms with Crippen LogP contribution in [0.1, 0.15) is 27.0 Å². The maximum atomic E-state index is 12.4. The molecule has 0 heterocycles. The zero-order valence-electron chi connectivity index (χ0n) is 17.2. The van der Waals surface area contributed by atoms with Gasteiger partial charge in [0.15, 0.2) is 6.61 Å². The molecule has 158 valence electrons. The summed E-state index contributed by atoms with van der Waals surface area (Å²) in [6, 6.07) is 20.0. The Labute approximate surface area is 189 Å². The van der Waals surface area contributed by atoms with Gasteiger partial charge in [0.25, 0.3) is 11.8 Å². The number of ether oxygens (including phenoxy) is 1. The van der Waals surface area contributed by atoms with Crippen molar-refractivity contribution < 1.29 is 14.3 Å². The topological polar surface area (TPSA) is 79.8 Å². The molecule has 2 N–H and O–H groups in total. The molecule has 3 rings (SSSR count). The van der Waals surface area contributed by atoms with Crippen molar-refractivity contribution in [3.05, 3.63) is 93.5 Å². The number of hydrogen-bond donors (Lipinski definition) is 2. The number of hydrogen-bond acceptors (Lipinski definition) is 4. The van der Waals surface area contributed by atoms with Crippen LogP contribution in [0.25, 0.3) is 0 Å². The van der Waals surface area contributed by atoms with E-state index in [9.17, 15) is 9.59 Å². The van der Waals surface area contributed by atoms with Gasteiger partial charge in [0.05, 0.1) is 6.21 Å². The van der Waals surface area contributed by atoms with Crippen LogP contribution in [0.3, 0.4) is 0 Å². The van der Waals surface area contributed by atoms with Crippen molar-refractivity contribution in [1.29, 1.82) is 0 Å². The van der Waals surface area contributed by atoms with Gasteiger partial charge in [-0.1, -0.05) is 46.3 Å². The summed E-state index contributed by atoms with van der Waals surface area (Å²) >= 11 is 3.41. The average Bonchev–Trinajstić information content (AvgIpc) is 2.76. The summed E-state index contributed by atoms with van der Waals surface area (Å²) in [7, 11) is 0. The highest BCUT2D eigenvalue weighted by atomic mass is 79.9. The van der Waals surface area contributed by atoms with E-state index in [0.29, 0.717) is 16.9 Å². The van der Waals surface area contributed by atoms with Gasteiger partial charge in [0.1, 0.15) is 5.75 Å². The molecule has 0 bridgehead atoms. The molecular weight excluding hydrogens is 458 g/mol. The lowest BCUT2D eigenvalue weighted by atomic mass is 10.1. The van der Waals surface area contributed by atoms with Crippen LogP contribution in [0.2, 0.25) is 0 Å². The minimum absolute atomic E-state index is 0.160. The molecule has 2 amide bonds. The summed E-state index contributed by atoms with van der Waals surface area (Å²) in [5, 5.41) is 6.87. The molecule has 0 aliphatic heterocycles. The van der Waals surface area contributed by atoms with Gasteiger partial charge in [-0.2, -0.15) is 5.10 Å². The van der Waals surface area contributed by atoms with E-state index in [1.165, 1.54) is 6.21 Å². The Morgan fingerprint density at radius 1 is 1.03 bits per heavy atom. The van der Waals surface area contributed by atoms with Gasteiger partial charge in [0.2, 0.25) is 0 Å². The summed E-state index contributed by atoms with van der Waals surface area (Å²) in [6.45, 7) is 3.74. The molecule has 31 heavy (non-hydrogen) atoms. The van der Waals surface area contributed by atoms with E-state index in [-0.39, 0.29) is 18.4 Å². The maximum absolute atomic E-state index is 12.4. The van der Waals surface area contributed by atoms with Crippen LogP contribution in [0.5, 0.6) is 5.75 Å². The van der Waals surface area contributed by atoms with Crippen molar-refractivity contribution in [2.24, 2.45) is 5.10 Å². The smallest absolute Gasteiger partial charge is 0.271 e. The van der Waals surface area contributed by atoms with Crippen molar-refractivity contribution in [3.63, 3.8) is 0 Å². The largest absolute Gasteiger partial charge is 0.483 e. The number of aryl methyl sites for hydroxylation is 2. The normalized spacial score (nSPS) is 10.7. The fourth-order valence-electron chi connectivity index (χ4n) is 2.77. The van der Waals surface area contributed by atoms with E-state index in [1.807, 2.05) is 38.1 Å². The SMILES string of the molecule is Cc1ccc(C)c(NC(=O)COc2ccc(Br)cc2/C=N/NC(=O)c2ccccc2)c1. The molecule has 0 spiro atoms. The van der Waals surface area contributed by atoms with Crippen molar-refractivity contribution >= 4 is 39.6 Å². The second-order valence-electron chi connectivity index (χ2n) is 6.90. The molecule has 0 radical (unpaired) electrons. The highest BCUT2D eigenvalue weighted by Gasteiger charge is 2.09. The summed E-state index contributed by atoms with van der Waals surface area (Å²) in [6.07, 6.45) is 1.48. The van der Waals surface area contributed by atoms with Crippen molar-refractivity contribution in [1.82, 2.24) is 5.43 Å². The second kappa shape index (κ2) is 10.5. The molecule has 7 heteroatoms. The van der Waals surface area contributed by atoms with E-state index < -0.39 is 0 Å². The fourth-order valence-corrected chi connectivity index (χ4v) is 3.15. The monoisotopic (exact) mass is 479 g/mol. The molecule has 0 saturated heterocycles. The first-order valence-corrected chi connectivity index (χ1v) is 10.4. The van der Waals surface area contributed by atoms with Gasteiger partial charge >= 0.3 is 0 Å². The van der Waals surface area contributed by atoms with E-state index >= 15 is 0 Å². The lowest BCUT2D eigenvalue weighted by Gasteiger charge is -2.12. The van der Waals surface area contributed by atoms with Crippen molar-refractivity contribution in [2.75, 3.05) is 11.9 Å². The standard InChI is InChI=1S/C24H22BrN3O3/c1-16-8-9-17(2)21(12-16)27-23(29)15-31-22-11-10-20(25)13-19(22)14-26-28-24(30)18-6-4-3-5-7-18/h3-14H,15H2,1-2H3,(H,27,29)(H,28,30)/b26-14+. The number of rotatable bonds is 7. The van der Waals surface area contributed by atoms with E-state index in [1.54, 1.807) is 42.5 Å². The molecule has 0 unspecified atom stereocenters. The first-order valence-electron chi connectivity index (χ1n) is 9.60. The number of carbonyl (C=O) groups is 2. The number of amides is 2. The summed E-state index contributed by atoms with van der Waals surface area (Å²) < 4.78 is 6.52. The van der Waals surface area contributed by atoms with Crippen LogP contribution < -0.4 is 15.5 Å². The molecule has 0 saturated carbocycles. The Balaban J connectivity index is 1.63. The van der Waals surface area contributed by atoms with Crippen LogP contribution in [-0.4, -0.2) is 24.6 Å². The van der Waals surface area contributed by atoms with Crippen LogP contribution in [0, 0.1) is 13.8 Å². The van der Waals surface area contributed by atoms with Gasteiger partial charge in [-0.15, -0.1) is 0 Å². The third-order valence-corrected chi connectivity index (χ3v) is 4.90. The molecule has 3 aromatic rings. The Bertz CT molecular complexity index is 1110. The molecule has 0 fully saturated rings. The minimum Gasteiger partial charge on any atom is -0.483 e. The first kappa shape index (κ1) is 22.2. The number of anilines is 1. The van der Waals surface area contributed by atoms with Gasteiger partial charge in [-0.3, -0.25) is 9.59 Å². The van der Waals surface area contributed by atoms with Gasteiger partial charge < -0.3 is 10.1 Å². The zero-order valence-corrected chi connectivity index (χ0v) is 18.8. The van der Waals surface area contributed by atoms with Crippen LogP contribution in [-0.2, 0) is 4.79 Å². The summed E-state index contributed by atoms with van der Waals surface area (Å²) in [4.78, 5) is 24.5. The van der Waals surface area contributed by atoms with E-state index in [2.05, 4.69) is 31.8 Å².